The van der Waals surface area contributed by atoms with Gasteiger partial charge in [0.25, 0.3) is 5.91 Å². The van der Waals surface area contributed by atoms with Gasteiger partial charge in [-0.15, -0.1) is 0 Å². The number of nitrogens with zero attached hydrogens (tertiary/aromatic N) is 1. The Bertz CT molecular complexity index is 638. The summed E-state index contributed by atoms with van der Waals surface area (Å²) in [7, 11) is -3.51. The molecule has 1 atom stereocenters. The molecule has 1 N–H and O–H groups in total. The second-order valence-electron chi connectivity index (χ2n) is 6.77. The Morgan fingerprint density at radius 2 is 1.96 bits per heavy atom. The van der Waals surface area contributed by atoms with E-state index in [1.54, 1.807) is 12.1 Å². The number of piperidine rings is 1. The highest BCUT2D eigenvalue weighted by atomic mass is 32.2. The molecule has 23 heavy (non-hydrogen) atoms. The van der Waals surface area contributed by atoms with Crippen LogP contribution in [0.2, 0.25) is 0 Å². The zero-order valence-corrected chi connectivity index (χ0v) is 14.9. The maximum Gasteiger partial charge on any atom is 0.253 e. The molecule has 0 spiro atoms. The van der Waals surface area contributed by atoms with Gasteiger partial charge in [-0.25, -0.2) is 13.1 Å². The Kier molecular flexibility index (Phi) is 5.81. The van der Waals surface area contributed by atoms with E-state index in [1.165, 1.54) is 12.1 Å². The zero-order valence-electron chi connectivity index (χ0n) is 14.1. The fraction of sp³-hybridized carbons (Fsp3) is 0.588. The van der Waals surface area contributed by atoms with Gasteiger partial charge in [0.1, 0.15) is 0 Å². The van der Waals surface area contributed by atoms with Gasteiger partial charge < -0.3 is 4.90 Å². The molecule has 0 radical (unpaired) electrons. The van der Waals surface area contributed by atoms with Crippen LogP contribution in [0.15, 0.2) is 29.2 Å². The number of hydrogen-bond donors (Lipinski definition) is 1. The second kappa shape index (κ2) is 7.45. The van der Waals surface area contributed by atoms with Crippen molar-refractivity contribution < 1.29 is 13.2 Å². The molecule has 128 valence electrons. The Labute approximate surface area is 139 Å². The number of amides is 1. The number of benzene rings is 1. The minimum absolute atomic E-state index is 0.0179. The van der Waals surface area contributed by atoms with Crippen LogP contribution < -0.4 is 4.72 Å². The molecule has 5 nitrogen and oxygen atoms in total. The van der Waals surface area contributed by atoms with Crippen LogP contribution in [0.4, 0.5) is 0 Å². The number of rotatable bonds is 5. The molecule has 1 aliphatic rings. The normalized spacial score (nSPS) is 19.1. The molecule has 1 fully saturated rings. The molecule has 6 heteroatoms. The first-order valence-corrected chi connectivity index (χ1v) is 9.67. The molecule has 0 bridgehead atoms. The van der Waals surface area contributed by atoms with Gasteiger partial charge in [-0.2, -0.15) is 0 Å². The fourth-order valence-electron chi connectivity index (χ4n) is 2.69. The number of hydrogen-bond acceptors (Lipinski definition) is 3. The third-order valence-electron chi connectivity index (χ3n) is 4.04. The molecular formula is C17H26N2O3S. The van der Waals surface area contributed by atoms with Crippen molar-refractivity contribution in [2.75, 3.05) is 19.6 Å². The summed E-state index contributed by atoms with van der Waals surface area (Å²) >= 11 is 0. The summed E-state index contributed by atoms with van der Waals surface area (Å²) in [5.41, 5.74) is 0.543. The van der Waals surface area contributed by atoms with E-state index in [0.29, 0.717) is 18.0 Å². The Morgan fingerprint density at radius 3 is 2.52 bits per heavy atom. The highest BCUT2D eigenvalue weighted by Gasteiger charge is 2.22. The van der Waals surface area contributed by atoms with Crippen molar-refractivity contribution in [1.82, 2.24) is 9.62 Å². The van der Waals surface area contributed by atoms with Crippen molar-refractivity contribution in [3.8, 4) is 0 Å². The predicted molar refractivity (Wildman–Crippen MR) is 90.8 cm³/mol. The van der Waals surface area contributed by atoms with Crippen LogP contribution in [-0.2, 0) is 10.0 Å². The maximum atomic E-state index is 12.5. The first-order valence-electron chi connectivity index (χ1n) is 8.18. The van der Waals surface area contributed by atoms with Gasteiger partial charge in [0.2, 0.25) is 10.0 Å². The Morgan fingerprint density at radius 1 is 1.30 bits per heavy atom. The van der Waals surface area contributed by atoms with Gasteiger partial charge in [-0.1, -0.05) is 20.8 Å². The lowest BCUT2D eigenvalue weighted by molar-refractivity contribution is 0.0683. The van der Waals surface area contributed by atoms with Crippen LogP contribution in [0.25, 0.3) is 0 Å². The summed E-state index contributed by atoms with van der Waals surface area (Å²) in [6.07, 6.45) is 2.18. The largest absolute Gasteiger partial charge is 0.338 e. The Balaban J connectivity index is 2.08. The van der Waals surface area contributed by atoms with E-state index >= 15 is 0 Å². The second-order valence-corrected chi connectivity index (χ2v) is 8.54. The number of likely N-dealkylation sites (tertiary alicyclic amines) is 1. The molecule has 0 saturated carbocycles. The van der Waals surface area contributed by atoms with Crippen molar-refractivity contribution >= 4 is 15.9 Å². The smallest absolute Gasteiger partial charge is 0.253 e. The topological polar surface area (TPSA) is 66.5 Å². The molecule has 1 saturated heterocycles. The number of carbonyl (C=O) groups is 1. The molecule has 0 aliphatic carbocycles. The van der Waals surface area contributed by atoms with Crippen molar-refractivity contribution in [3.63, 3.8) is 0 Å². The summed E-state index contributed by atoms with van der Waals surface area (Å²) in [6.45, 7) is 7.99. The quantitative estimate of drug-likeness (QED) is 0.897. The van der Waals surface area contributed by atoms with Gasteiger partial charge in [-0.3, -0.25) is 4.79 Å². The van der Waals surface area contributed by atoms with Crippen molar-refractivity contribution in [2.24, 2.45) is 11.8 Å². The molecule has 1 unspecified atom stereocenters. The molecule has 1 heterocycles. The average Bonchev–Trinajstić information content (AvgIpc) is 2.52. The molecule has 1 amide bonds. The third-order valence-corrected chi connectivity index (χ3v) is 5.48. The van der Waals surface area contributed by atoms with E-state index in [0.717, 1.165) is 25.9 Å². The summed E-state index contributed by atoms with van der Waals surface area (Å²) < 4.78 is 26.9. The van der Waals surface area contributed by atoms with Crippen molar-refractivity contribution in [3.05, 3.63) is 29.8 Å². The highest BCUT2D eigenvalue weighted by Crippen LogP contribution is 2.19. The van der Waals surface area contributed by atoms with E-state index in [1.807, 2.05) is 18.7 Å². The lowest BCUT2D eigenvalue weighted by Crippen LogP contribution is -2.39. The molecule has 1 aromatic rings. The van der Waals surface area contributed by atoms with Gasteiger partial charge in [0, 0.05) is 25.2 Å². The van der Waals surface area contributed by atoms with E-state index in [-0.39, 0.29) is 16.7 Å². The molecule has 0 aromatic heterocycles. The van der Waals surface area contributed by atoms with Gasteiger partial charge in [0.15, 0.2) is 0 Å². The predicted octanol–water partition coefficient (Wildman–Crippen LogP) is 2.49. The zero-order chi connectivity index (χ0) is 17.0. The van der Waals surface area contributed by atoms with Crippen LogP contribution in [0.5, 0.6) is 0 Å². The van der Waals surface area contributed by atoms with Crippen LogP contribution in [0.1, 0.15) is 44.0 Å². The van der Waals surface area contributed by atoms with Crippen LogP contribution in [0.3, 0.4) is 0 Å². The molecule has 1 aromatic carbocycles. The van der Waals surface area contributed by atoms with Gasteiger partial charge in [0.05, 0.1) is 4.90 Å². The first kappa shape index (κ1) is 17.9. The van der Waals surface area contributed by atoms with E-state index < -0.39 is 10.0 Å². The third kappa shape index (κ3) is 4.78. The van der Waals surface area contributed by atoms with Gasteiger partial charge in [-0.05, 0) is 48.9 Å². The Hall–Kier alpha value is -1.40. The first-order chi connectivity index (χ1) is 10.8. The lowest BCUT2D eigenvalue weighted by Gasteiger charge is -2.31. The monoisotopic (exact) mass is 338 g/mol. The van der Waals surface area contributed by atoms with Crippen LogP contribution >= 0.6 is 0 Å². The maximum absolute atomic E-state index is 12.5. The van der Waals surface area contributed by atoms with Crippen LogP contribution in [0, 0.1) is 11.8 Å². The van der Waals surface area contributed by atoms with E-state index in [2.05, 4.69) is 11.6 Å². The van der Waals surface area contributed by atoms with Crippen LogP contribution in [-0.4, -0.2) is 38.9 Å². The van der Waals surface area contributed by atoms with Crippen molar-refractivity contribution in [1.29, 1.82) is 0 Å². The number of carbonyl (C=O) groups excluding carboxylic acids is 1. The molecule has 2 rings (SSSR count). The molecular weight excluding hydrogens is 312 g/mol. The summed E-state index contributed by atoms with van der Waals surface area (Å²) in [5.74, 6) is 0.745. The minimum atomic E-state index is -3.51. The minimum Gasteiger partial charge on any atom is -0.338 e. The van der Waals surface area contributed by atoms with Crippen molar-refractivity contribution in [2.45, 2.75) is 38.5 Å². The summed E-state index contributed by atoms with van der Waals surface area (Å²) in [5, 5.41) is 0. The number of sulfonamides is 1. The molecule has 1 aliphatic heterocycles. The lowest BCUT2D eigenvalue weighted by atomic mass is 9.99. The SMILES string of the molecule is CC(C)CNS(=O)(=O)c1ccc(C(=O)N2CCCC(C)C2)cc1. The van der Waals surface area contributed by atoms with E-state index in [4.69, 9.17) is 0 Å². The van der Waals surface area contributed by atoms with Gasteiger partial charge >= 0.3 is 0 Å². The highest BCUT2D eigenvalue weighted by molar-refractivity contribution is 7.89. The summed E-state index contributed by atoms with van der Waals surface area (Å²) in [6, 6.07) is 6.21. The number of nitrogens with one attached hydrogen (secondary N) is 1. The summed E-state index contributed by atoms with van der Waals surface area (Å²) in [4.78, 5) is 14.5. The van der Waals surface area contributed by atoms with E-state index in [9.17, 15) is 13.2 Å². The standard InChI is InChI=1S/C17H26N2O3S/c1-13(2)11-18-23(21,22)16-8-6-15(7-9-16)17(20)19-10-4-5-14(3)12-19/h6-9,13-14,18H,4-5,10-12H2,1-3H3. The fourth-order valence-corrected chi connectivity index (χ4v) is 3.91. The average molecular weight is 338 g/mol.